The molecule has 0 fully saturated rings. The van der Waals surface area contributed by atoms with Crippen molar-refractivity contribution in [2.75, 3.05) is 13.1 Å². The fourth-order valence-corrected chi connectivity index (χ4v) is 2.99. The third kappa shape index (κ3) is 5.25. The molecule has 2 aromatic heterocycles. The molecular formula is C22H27N5O. The maximum Gasteiger partial charge on any atom is 0.346 e. The first-order chi connectivity index (χ1) is 13.3. The minimum atomic E-state index is -0.158. The highest BCUT2D eigenvalue weighted by atomic mass is 16.2. The molecule has 3 rings (SSSR count). The molecule has 0 N–H and O–H groups in total. The van der Waals surface area contributed by atoms with Crippen LogP contribution in [0.15, 0.2) is 55.0 Å². The number of hydrogen-bond donors (Lipinski definition) is 0. The Labute approximate surface area is 166 Å². The molecule has 0 aliphatic carbocycles. The second-order valence-electron chi connectivity index (χ2n) is 8.28. The van der Waals surface area contributed by atoms with E-state index in [4.69, 9.17) is 0 Å². The van der Waals surface area contributed by atoms with Crippen molar-refractivity contribution < 1.29 is 4.79 Å². The standard InChI is InChI=1S/C22H27N5O/c1-17-5-7-19(8-6-17)20-15-27(25-24-20)21(28)26(16-22(2,3)4)14-11-18-9-12-23-13-10-18/h5-10,12-13,15H,11,14,16H2,1-4H3. The fourth-order valence-electron chi connectivity index (χ4n) is 2.99. The van der Waals surface area contributed by atoms with Crippen molar-refractivity contribution in [3.8, 4) is 11.3 Å². The summed E-state index contributed by atoms with van der Waals surface area (Å²) in [6.45, 7) is 9.66. The second kappa shape index (κ2) is 8.33. The minimum Gasteiger partial charge on any atom is -0.322 e. The van der Waals surface area contributed by atoms with Crippen molar-refractivity contribution in [3.63, 3.8) is 0 Å². The summed E-state index contributed by atoms with van der Waals surface area (Å²) in [6, 6.07) is 11.8. The van der Waals surface area contributed by atoms with Crippen LogP contribution in [0.5, 0.6) is 0 Å². The van der Waals surface area contributed by atoms with Gasteiger partial charge in [0.1, 0.15) is 5.69 Å². The van der Waals surface area contributed by atoms with Gasteiger partial charge in [-0.15, -0.1) is 5.10 Å². The van der Waals surface area contributed by atoms with Crippen LogP contribution in [0, 0.1) is 12.3 Å². The predicted octanol–water partition coefficient (Wildman–Crippen LogP) is 4.21. The van der Waals surface area contributed by atoms with E-state index >= 15 is 0 Å². The van der Waals surface area contributed by atoms with Crippen LogP contribution in [-0.2, 0) is 6.42 Å². The lowest BCUT2D eigenvalue weighted by atomic mass is 9.96. The molecule has 0 saturated heterocycles. The quantitative estimate of drug-likeness (QED) is 0.668. The van der Waals surface area contributed by atoms with E-state index in [1.165, 1.54) is 10.2 Å². The highest BCUT2D eigenvalue weighted by Crippen LogP contribution is 2.19. The third-order valence-corrected chi connectivity index (χ3v) is 4.39. The third-order valence-electron chi connectivity index (χ3n) is 4.39. The van der Waals surface area contributed by atoms with Crippen molar-refractivity contribution in [1.29, 1.82) is 0 Å². The zero-order valence-electron chi connectivity index (χ0n) is 17.0. The summed E-state index contributed by atoms with van der Waals surface area (Å²) in [5.41, 5.74) is 3.95. The lowest BCUT2D eigenvalue weighted by Gasteiger charge is -2.29. The van der Waals surface area contributed by atoms with Crippen LogP contribution in [0.4, 0.5) is 4.79 Å². The highest BCUT2D eigenvalue weighted by molar-refractivity contribution is 5.77. The number of carbonyl (C=O) groups excluding carboxylic acids is 1. The average Bonchev–Trinajstić information content (AvgIpc) is 3.15. The van der Waals surface area contributed by atoms with Crippen LogP contribution in [0.1, 0.15) is 31.9 Å². The summed E-state index contributed by atoms with van der Waals surface area (Å²) < 4.78 is 1.34. The minimum absolute atomic E-state index is 0.0196. The van der Waals surface area contributed by atoms with Crippen molar-refractivity contribution in [3.05, 3.63) is 66.1 Å². The summed E-state index contributed by atoms with van der Waals surface area (Å²) >= 11 is 0. The normalized spacial score (nSPS) is 11.4. The molecule has 0 spiro atoms. The van der Waals surface area contributed by atoms with E-state index in [0.29, 0.717) is 18.8 Å². The molecule has 1 amide bonds. The Morgan fingerprint density at radius 3 is 2.39 bits per heavy atom. The zero-order chi connectivity index (χ0) is 20.1. The van der Waals surface area contributed by atoms with Crippen molar-refractivity contribution in [2.24, 2.45) is 5.41 Å². The van der Waals surface area contributed by atoms with Gasteiger partial charge in [-0.25, -0.2) is 4.79 Å². The average molecular weight is 377 g/mol. The van der Waals surface area contributed by atoms with Crippen LogP contribution in [0.2, 0.25) is 0 Å². The number of carbonyl (C=O) groups is 1. The van der Waals surface area contributed by atoms with Crippen LogP contribution in [-0.4, -0.2) is 44.0 Å². The number of hydrogen-bond acceptors (Lipinski definition) is 4. The van der Waals surface area contributed by atoms with Gasteiger partial charge in [-0.1, -0.05) is 55.8 Å². The molecule has 6 nitrogen and oxygen atoms in total. The molecule has 1 aromatic carbocycles. The molecule has 28 heavy (non-hydrogen) atoms. The van der Waals surface area contributed by atoms with Crippen molar-refractivity contribution in [1.82, 2.24) is 24.9 Å². The topological polar surface area (TPSA) is 63.9 Å². The number of pyridine rings is 1. The van der Waals surface area contributed by atoms with E-state index in [0.717, 1.165) is 17.5 Å². The zero-order valence-corrected chi connectivity index (χ0v) is 17.0. The van der Waals surface area contributed by atoms with Gasteiger partial charge in [-0.2, -0.15) is 4.68 Å². The number of rotatable bonds is 5. The molecule has 0 unspecified atom stereocenters. The molecule has 0 aliphatic rings. The van der Waals surface area contributed by atoms with E-state index in [1.54, 1.807) is 18.6 Å². The van der Waals surface area contributed by atoms with Gasteiger partial charge in [0.05, 0.1) is 6.20 Å². The Balaban J connectivity index is 1.77. The SMILES string of the molecule is Cc1ccc(-c2cn(C(=O)N(CCc3ccncc3)CC(C)(C)C)nn2)cc1. The van der Waals surface area contributed by atoms with Gasteiger partial charge >= 0.3 is 6.03 Å². The van der Waals surface area contributed by atoms with Crippen molar-refractivity contribution >= 4 is 6.03 Å². The monoisotopic (exact) mass is 377 g/mol. The van der Waals surface area contributed by atoms with Crippen LogP contribution >= 0.6 is 0 Å². The number of aromatic nitrogens is 4. The number of amides is 1. The Kier molecular flexibility index (Phi) is 5.87. The van der Waals surface area contributed by atoms with Gasteiger partial charge in [0, 0.05) is 31.0 Å². The van der Waals surface area contributed by atoms with E-state index < -0.39 is 0 Å². The molecule has 6 heteroatoms. The smallest absolute Gasteiger partial charge is 0.322 e. The van der Waals surface area contributed by atoms with Crippen LogP contribution in [0.3, 0.4) is 0 Å². The largest absolute Gasteiger partial charge is 0.346 e. The Hall–Kier alpha value is -3.02. The summed E-state index contributed by atoms with van der Waals surface area (Å²) in [6.07, 6.45) is 6.02. The number of benzene rings is 1. The lowest BCUT2D eigenvalue weighted by molar-refractivity contribution is 0.172. The van der Waals surface area contributed by atoms with E-state index in [2.05, 4.69) is 36.1 Å². The van der Waals surface area contributed by atoms with Gasteiger partial charge in [0.15, 0.2) is 0 Å². The molecule has 0 radical (unpaired) electrons. The van der Waals surface area contributed by atoms with Gasteiger partial charge in [0.25, 0.3) is 0 Å². The predicted molar refractivity (Wildman–Crippen MR) is 110 cm³/mol. The summed E-state index contributed by atoms with van der Waals surface area (Å²) in [5, 5.41) is 8.28. The van der Waals surface area contributed by atoms with E-state index in [1.807, 2.05) is 48.2 Å². The van der Waals surface area contributed by atoms with Crippen LogP contribution < -0.4 is 0 Å². The highest BCUT2D eigenvalue weighted by Gasteiger charge is 2.23. The second-order valence-corrected chi connectivity index (χ2v) is 8.28. The first kappa shape index (κ1) is 19.7. The number of aryl methyl sites for hydroxylation is 1. The summed E-state index contributed by atoms with van der Waals surface area (Å²) in [7, 11) is 0. The molecular weight excluding hydrogens is 350 g/mol. The molecule has 2 heterocycles. The molecule has 3 aromatic rings. The molecule has 146 valence electrons. The Morgan fingerprint density at radius 2 is 1.75 bits per heavy atom. The lowest BCUT2D eigenvalue weighted by Crippen LogP contribution is -2.41. The van der Waals surface area contributed by atoms with Gasteiger partial charge in [0.2, 0.25) is 0 Å². The molecule has 0 atom stereocenters. The summed E-state index contributed by atoms with van der Waals surface area (Å²) in [5.74, 6) is 0. The first-order valence-corrected chi connectivity index (χ1v) is 9.49. The van der Waals surface area contributed by atoms with Gasteiger partial charge in [-0.05, 0) is 36.5 Å². The van der Waals surface area contributed by atoms with E-state index in [9.17, 15) is 4.79 Å². The van der Waals surface area contributed by atoms with E-state index in [-0.39, 0.29) is 11.4 Å². The fraction of sp³-hybridized carbons (Fsp3) is 0.364. The Bertz CT molecular complexity index is 910. The summed E-state index contributed by atoms with van der Waals surface area (Å²) in [4.78, 5) is 19.0. The van der Waals surface area contributed by atoms with Gasteiger partial charge < -0.3 is 4.90 Å². The van der Waals surface area contributed by atoms with Gasteiger partial charge in [-0.3, -0.25) is 4.98 Å². The Morgan fingerprint density at radius 1 is 1.07 bits per heavy atom. The van der Waals surface area contributed by atoms with Crippen molar-refractivity contribution in [2.45, 2.75) is 34.1 Å². The first-order valence-electron chi connectivity index (χ1n) is 9.49. The maximum absolute atomic E-state index is 13.1. The maximum atomic E-state index is 13.1. The van der Waals surface area contributed by atoms with Crippen LogP contribution in [0.25, 0.3) is 11.3 Å². The molecule has 0 saturated carbocycles. The molecule has 0 bridgehead atoms. The number of nitrogens with zero attached hydrogens (tertiary/aromatic N) is 5. The molecule has 0 aliphatic heterocycles.